The Bertz CT molecular complexity index is 1500. The number of nitrogens with zero attached hydrogens (tertiary/aromatic N) is 4. The molecular formula is C30H31ClN6OS. The van der Waals surface area contributed by atoms with Gasteiger partial charge in [0.2, 0.25) is 5.91 Å². The van der Waals surface area contributed by atoms with Gasteiger partial charge in [0.05, 0.1) is 28.5 Å². The fraction of sp³-hybridized carbons (Fsp3) is 0.267. The lowest BCUT2D eigenvalue weighted by molar-refractivity contribution is -0.118. The predicted octanol–water partition coefficient (Wildman–Crippen LogP) is 6.37. The Kier molecular flexibility index (Phi) is 7.68. The van der Waals surface area contributed by atoms with Crippen LogP contribution in [0.15, 0.2) is 73.2 Å². The zero-order valence-electron chi connectivity index (χ0n) is 22.4. The first kappa shape index (κ1) is 26.8. The first-order chi connectivity index (χ1) is 18.7. The van der Waals surface area contributed by atoms with Crippen LogP contribution in [0.2, 0.25) is 5.02 Å². The van der Waals surface area contributed by atoms with E-state index < -0.39 is 0 Å². The Morgan fingerprint density at radius 3 is 2.62 bits per heavy atom. The third-order valence-electron chi connectivity index (χ3n) is 7.11. The summed E-state index contributed by atoms with van der Waals surface area (Å²) in [6.45, 7) is 8.68. The summed E-state index contributed by atoms with van der Waals surface area (Å²) in [6.07, 6.45) is 5.49. The lowest BCUT2D eigenvalue weighted by Crippen LogP contribution is -2.29. The molecule has 3 aromatic heterocycles. The summed E-state index contributed by atoms with van der Waals surface area (Å²) in [5.41, 5.74) is 6.88. The average molecular weight is 559 g/mol. The molecule has 0 saturated carbocycles. The van der Waals surface area contributed by atoms with Gasteiger partial charge in [0.15, 0.2) is 5.11 Å². The maximum atomic E-state index is 12.3. The molecule has 2 N–H and O–H groups in total. The van der Waals surface area contributed by atoms with E-state index in [-0.39, 0.29) is 23.9 Å². The van der Waals surface area contributed by atoms with Crippen molar-refractivity contribution >= 4 is 46.2 Å². The van der Waals surface area contributed by atoms with Gasteiger partial charge < -0.3 is 20.1 Å². The number of carbonyl (C=O) groups is 1. The van der Waals surface area contributed by atoms with Crippen molar-refractivity contribution in [2.45, 2.75) is 46.3 Å². The third-order valence-corrected chi connectivity index (χ3v) is 7.73. The van der Waals surface area contributed by atoms with Gasteiger partial charge >= 0.3 is 0 Å². The number of hydrogen-bond donors (Lipinski definition) is 2. The third kappa shape index (κ3) is 5.40. The van der Waals surface area contributed by atoms with Crippen LogP contribution in [0.1, 0.15) is 54.1 Å². The fourth-order valence-corrected chi connectivity index (χ4v) is 5.59. The molecule has 9 heteroatoms. The second-order valence-corrected chi connectivity index (χ2v) is 10.9. The number of benzene rings is 1. The number of aromatic nitrogens is 3. The number of thiocarbonyl (C=S) groups is 1. The van der Waals surface area contributed by atoms with Crippen molar-refractivity contribution in [3.05, 3.63) is 106 Å². The van der Waals surface area contributed by atoms with E-state index in [9.17, 15) is 4.79 Å². The summed E-state index contributed by atoms with van der Waals surface area (Å²) in [5, 5.41) is 7.46. The van der Waals surface area contributed by atoms with Crippen molar-refractivity contribution in [2.24, 2.45) is 5.92 Å². The number of nitrogens with one attached hydrogen (secondary N) is 2. The van der Waals surface area contributed by atoms with Gasteiger partial charge in [0.1, 0.15) is 0 Å². The van der Waals surface area contributed by atoms with E-state index in [1.54, 1.807) is 12.4 Å². The van der Waals surface area contributed by atoms with Gasteiger partial charge in [-0.25, -0.2) is 0 Å². The van der Waals surface area contributed by atoms with Crippen LogP contribution < -0.4 is 15.5 Å². The SMILES string of the molecule is Cc1cc([C@H]2[C@H](c3ccccn3)NC(=S)N2c2ccc(NC(=O)C(C)C)c(Cl)c2)c(C)n1Cc1cccnc1. The zero-order valence-corrected chi connectivity index (χ0v) is 23.9. The molecule has 0 spiro atoms. The minimum absolute atomic E-state index is 0.0860. The molecule has 1 fully saturated rings. The maximum absolute atomic E-state index is 12.3. The van der Waals surface area contributed by atoms with Gasteiger partial charge in [-0.1, -0.05) is 37.6 Å². The summed E-state index contributed by atoms with van der Waals surface area (Å²) in [4.78, 5) is 23.3. The predicted molar refractivity (Wildman–Crippen MR) is 160 cm³/mol. The highest BCUT2D eigenvalue weighted by Crippen LogP contribution is 2.44. The zero-order chi connectivity index (χ0) is 27.7. The van der Waals surface area contributed by atoms with Crippen molar-refractivity contribution in [3.8, 4) is 0 Å². The molecule has 1 aromatic carbocycles. The Morgan fingerprint density at radius 1 is 1.13 bits per heavy atom. The molecule has 1 aliphatic rings. The summed E-state index contributed by atoms with van der Waals surface area (Å²) in [7, 11) is 0. The van der Waals surface area contributed by atoms with Crippen LogP contribution in [0.5, 0.6) is 0 Å². The number of halogens is 1. The van der Waals surface area contributed by atoms with Crippen LogP contribution in [-0.2, 0) is 11.3 Å². The number of carbonyl (C=O) groups excluding carboxylic acids is 1. The van der Waals surface area contributed by atoms with Gasteiger partial charge in [-0.2, -0.15) is 0 Å². The van der Waals surface area contributed by atoms with Crippen LogP contribution in [-0.4, -0.2) is 25.6 Å². The van der Waals surface area contributed by atoms with E-state index in [2.05, 4.69) is 56.0 Å². The topological polar surface area (TPSA) is 75.1 Å². The molecule has 5 rings (SSSR count). The molecular weight excluding hydrogens is 528 g/mol. The monoisotopic (exact) mass is 558 g/mol. The molecule has 1 saturated heterocycles. The van der Waals surface area contributed by atoms with Crippen molar-refractivity contribution in [1.82, 2.24) is 19.9 Å². The van der Waals surface area contributed by atoms with Crippen LogP contribution in [0, 0.1) is 19.8 Å². The number of hydrogen-bond acceptors (Lipinski definition) is 4. The molecule has 1 aliphatic heterocycles. The van der Waals surface area contributed by atoms with E-state index >= 15 is 0 Å². The molecule has 4 aromatic rings. The molecule has 0 bridgehead atoms. The Hall–Kier alpha value is -3.75. The van der Waals surface area contributed by atoms with Crippen LogP contribution >= 0.6 is 23.8 Å². The highest BCUT2D eigenvalue weighted by atomic mass is 35.5. The molecule has 4 heterocycles. The number of pyridine rings is 2. The minimum Gasteiger partial charge on any atom is -0.351 e. The quantitative estimate of drug-likeness (QED) is 0.257. The largest absolute Gasteiger partial charge is 0.351 e. The maximum Gasteiger partial charge on any atom is 0.226 e. The average Bonchev–Trinajstić information content (AvgIpc) is 3.41. The fourth-order valence-electron chi connectivity index (χ4n) is 5.03. The van der Waals surface area contributed by atoms with Crippen molar-refractivity contribution in [1.29, 1.82) is 0 Å². The van der Waals surface area contributed by atoms with Crippen LogP contribution in [0.25, 0.3) is 0 Å². The second-order valence-electron chi connectivity index (χ2n) is 10.1. The molecule has 0 unspecified atom stereocenters. The van der Waals surface area contributed by atoms with E-state index in [4.69, 9.17) is 23.8 Å². The Labute approximate surface area is 239 Å². The summed E-state index contributed by atoms with van der Waals surface area (Å²) < 4.78 is 2.30. The summed E-state index contributed by atoms with van der Waals surface area (Å²) in [5.74, 6) is -0.237. The number of anilines is 2. The Morgan fingerprint density at radius 2 is 1.95 bits per heavy atom. The highest BCUT2D eigenvalue weighted by molar-refractivity contribution is 7.80. The molecule has 200 valence electrons. The van der Waals surface area contributed by atoms with Gasteiger partial charge in [-0.15, -0.1) is 0 Å². The minimum atomic E-state index is -0.176. The van der Waals surface area contributed by atoms with Crippen LogP contribution in [0.3, 0.4) is 0 Å². The van der Waals surface area contributed by atoms with Gasteiger partial charge in [-0.3, -0.25) is 14.8 Å². The number of aryl methyl sites for hydroxylation is 1. The van der Waals surface area contributed by atoms with E-state index in [0.717, 1.165) is 40.4 Å². The summed E-state index contributed by atoms with van der Waals surface area (Å²) >= 11 is 12.6. The second kappa shape index (κ2) is 11.2. The molecule has 39 heavy (non-hydrogen) atoms. The standard InChI is InChI=1S/C30H31ClN6OS/c1-18(2)29(38)34-25-11-10-22(15-24(25)31)37-28(27(35-30(37)39)26-9-5-6-13-33-26)23-14-19(3)36(20(23)4)17-21-8-7-12-32-16-21/h5-16,18,27-28H,17H2,1-4H3,(H,34,38)(H,35,39)/t27-,28-/m0/s1. The van der Waals surface area contributed by atoms with Gasteiger partial charge in [0, 0.05) is 48.1 Å². The summed E-state index contributed by atoms with van der Waals surface area (Å²) in [6, 6.07) is 17.5. The van der Waals surface area contributed by atoms with E-state index in [1.165, 1.54) is 0 Å². The van der Waals surface area contributed by atoms with Crippen molar-refractivity contribution in [2.75, 3.05) is 10.2 Å². The lowest BCUT2D eigenvalue weighted by atomic mass is 9.96. The molecule has 7 nitrogen and oxygen atoms in total. The molecule has 2 atom stereocenters. The van der Waals surface area contributed by atoms with Gasteiger partial charge in [0.25, 0.3) is 0 Å². The van der Waals surface area contributed by atoms with E-state index in [0.29, 0.717) is 15.8 Å². The molecule has 0 aliphatic carbocycles. The van der Waals surface area contributed by atoms with Crippen molar-refractivity contribution < 1.29 is 4.79 Å². The number of amides is 1. The smallest absolute Gasteiger partial charge is 0.226 e. The normalized spacial score (nSPS) is 17.0. The molecule has 0 radical (unpaired) electrons. The van der Waals surface area contributed by atoms with E-state index in [1.807, 2.05) is 62.5 Å². The number of rotatable bonds is 7. The Balaban J connectivity index is 1.57. The first-order valence-electron chi connectivity index (χ1n) is 12.9. The van der Waals surface area contributed by atoms with Crippen LogP contribution in [0.4, 0.5) is 11.4 Å². The first-order valence-corrected chi connectivity index (χ1v) is 13.7. The van der Waals surface area contributed by atoms with Gasteiger partial charge in [-0.05, 0) is 79.7 Å². The highest BCUT2D eigenvalue weighted by Gasteiger charge is 2.42. The molecule has 1 amide bonds. The lowest BCUT2D eigenvalue weighted by Gasteiger charge is -2.28. The van der Waals surface area contributed by atoms with Crippen molar-refractivity contribution in [3.63, 3.8) is 0 Å².